The first-order valence-electron chi connectivity index (χ1n) is 7.62. The first-order valence-corrected chi connectivity index (χ1v) is 7.62. The van der Waals surface area contributed by atoms with Gasteiger partial charge in [-0.3, -0.25) is 0 Å². The lowest BCUT2D eigenvalue weighted by molar-refractivity contribution is 0.0263. The summed E-state index contributed by atoms with van der Waals surface area (Å²) in [6.45, 7) is 8.57. The monoisotopic (exact) mass is 301 g/mol. The standard InChI is InChI=1S/C17H23N3O2/c1-17(2,3)22-16(21)20-9-5-8-19(10-11-20)15-7-4-6-14(12-15)13-18/h4,6-7,12H,5,8-11H2,1-3H3. The number of anilines is 1. The summed E-state index contributed by atoms with van der Waals surface area (Å²) in [4.78, 5) is 16.1. The zero-order valence-electron chi connectivity index (χ0n) is 13.5. The van der Waals surface area contributed by atoms with Crippen molar-refractivity contribution in [2.75, 3.05) is 31.1 Å². The summed E-state index contributed by atoms with van der Waals surface area (Å²) in [7, 11) is 0. The molecule has 1 aromatic rings. The van der Waals surface area contributed by atoms with E-state index in [0.717, 1.165) is 25.2 Å². The Morgan fingerprint density at radius 2 is 2.00 bits per heavy atom. The van der Waals surface area contributed by atoms with Crippen LogP contribution in [-0.4, -0.2) is 42.8 Å². The number of carbonyl (C=O) groups excluding carboxylic acids is 1. The molecule has 22 heavy (non-hydrogen) atoms. The first-order chi connectivity index (χ1) is 10.4. The Balaban J connectivity index is 2.00. The minimum absolute atomic E-state index is 0.250. The van der Waals surface area contributed by atoms with Crippen molar-refractivity contribution >= 4 is 11.8 Å². The van der Waals surface area contributed by atoms with E-state index >= 15 is 0 Å². The molecule has 0 bridgehead atoms. The van der Waals surface area contributed by atoms with Crippen molar-refractivity contribution in [3.63, 3.8) is 0 Å². The molecule has 1 fully saturated rings. The highest BCUT2D eigenvalue weighted by atomic mass is 16.6. The number of hydrogen-bond acceptors (Lipinski definition) is 4. The smallest absolute Gasteiger partial charge is 0.410 e. The van der Waals surface area contributed by atoms with Gasteiger partial charge in [0.1, 0.15) is 5.60 Å². The third kappa shape index (κ3) is 4.39. The molecule has 5 heteroatoms. The lowest BCUT2D eigenvalue weighted by atomic mass is 10.2. The van der Waals surface area contributed by atoms with Crippen LogP contribution in [0.2, 0.25) is 0 Å². The van der Waals surface area contributed by atoms with E-state index in [2.05, 4.69) is 11.0 Å². The number of benzene rings is 1. The molecule has 0 unspecified atom stereocenters. The van der Waals surface area contributed by atoms with Gasteiger partial charge in [-0.15, -0.1) is 0 Å². The van der Waals surface area contributed by atoms with Gasteiger partial charge in [0.25, 0.3) is 0 Å². The largest absolute Gasteiger partial charge is 0.444 e. The number of rotatable bonds is 1. The fraction of sp³-hybridized carbons (Fsp3) is 0.529. The molecule has 0 atom stereocenters. The second-order valence-electron chi connectivity index (χ2n) is 6.47. The maximum absolute atomic E-state index is 12.2. The fourth-order valence-corrected chi connectivity index (χ4v) is 2.46. The molecule has 1 amide bonds. The van der Waals surface area contributed by atoms with Crippen LogP contribution in [0.4, 0.5) is 10.5 Å². The van der Waals surface area contributed by atoms with Crippen LogP contribution in [0.25, 0.3) is 0 Å². The van der Waals surface area contributed by atoms with E-state index in [0.29, 0.717) is 18.7 Å². The molecular weight excluding hydrogens is 278 g/mol. The van der Waals surface area contributed by atoms with Crippen molar-refractivity contribution < 1.29 is 9.53 Å². The molecule has 1 aliphatic heterocycles. The van der Waals surface area contributed by atoms with E-state index in [-0.39, 0.29) is 6.09 Å². The van der Waals surface area contributed by atoms with Crippen molar-refractivity contribution in [1.29, 1.82) is 5.26 Å². The molecule has 0 radical (unpaired) electrons. The van der Waals surface area contributed by atoms with E-state index in [4.69, 9.17) is 10.00 Å². The molecule has 5 nitrogen and oxygen atoms in total. The Labute approximate surface area is 132 Å². The quantitative estimate of drug-likeness (QED) is 0.800. The average Bonchev–Trinajstić information content (AvgIpc) is 2.71. The number of nitrogens with zero attached hydrogens (tertiary/aromatic N) is 3. The molecule has 1 saturated heterocycles. The van der Waals surface area contributed by atoms with Crippen LogP contribution in [-0.2, 0) is 4.74 Å². The summed E-state index contributed by atoms with van der Waals surface area (Å²) < 4.78 is 5.44. The van der Waals surface area contributed by atoms with Crippen LogP contribution >= 0.6 is 0 Å². The molecule has 2 rings (SSSR count). The molecule has 0 aliphatic carbocycles. The summed E-state index contributed by atoms with van der Waals surface area (Å²) in [6, 6.07) is 9.75. The highest BCUT2D eigenvalue weighted by molar-refractivity contribution is 5.68. The minimum atomic E-state index is -0.468. The van der Waals surface area contributed by atoms with Crippen LogP contribution in [0.5, 0.6) is 0 Å². The molecule has 0 aromatic heterocycles. The van der Waals surface area contributed by atoms with Gasteiger partial charge in [-0.05, 0) is 45.4 Å². The highest BCUT2D eigenvalue weighted by Crippen LogP contribution is 2.19. The zero-order valence-corrected chi connectivity index (χ0v) is 13.5. The summed E-state index contributed by atoms with van der Waals surface area (Å²) in [5, 5.41) is 9.00. The summed E-state index contributed by atoms with van der Waals surface area (Å²) in [5.41, 5.74) is 1.22. The van der Waals surface area contributed by atoms with E-state index in [1.54, 1.807) is 11.0 Å². The fourth-order valence-electron chi connectivity index (χ4n) is 2.46. The summed E-state index contributed by atoms with van der Waals surface area (Å²) in [5.74, 6) is 0. The lowest BCUT2D eigenvalue weighted by Gasteiger charge is -2.27. The minimum Gasteiger partial charge on any atom is -0.444 e. The van der Waals surface area contributed by atoms with E-state index < -0.39 is 5.60 Å². The lowest BCUT2D eigenvalue weighted by Crippen LogP contribution is -2.39. The van der Waals surface area contributed by atoms with Gasteiger partial charge in [-0.2, -0.15) is 5.26 Å². The van der Waals surface area contributed by atoms with Gasteiger partial charge in [0, 0.05) is 31.9 Å². The van der Waals surface area contributed by atoms with Gasteiger partial charge in [0.15, 0.2) is 0 Å². The van der Waals surface area contributed by atoms with Gasteiger partial charge >= 0.3 is 6.09 Å². The number of carbonyl (C=O) groups is 1. The Hall–Kier alpha value is -2.22. The van der Waals surface area contributed by atoms with Gasteiger partial charge in [-0.1, -0.05) is 6.07 Å². The SMILES string of the molecule is CC(C)(C)OC(=O)N1CCCN(c2cccc(C#N)c2)CC1. The number of hydrogen-bond donors (Lipinski definition) is 0. The maximum atomic E-state index is 12.2. The van der Waals surface area contributed by atoms with Crippen LogP contribution in [0.15, 0.2) is 24.3 Å². The normalized spacial score (nSPS) is 15.9. The molecular formula is C17H23N3O2. The van der Waals surface area contributed by atoms with E-state index in [9.17, 15) is 4.79 Å². The van der Waals surface area contributed by atoms with E-state index in [1.807, 2.05) is 39.0 Å². The molecule has 1 aliphatic rings. The predicted molar refractivity (Wildman–Crippen MR) is 85.8 cm³/mol. The molecule has 0 N–H and O–H groups in total. The third-order valence-corrected chi connectivity index (χ3v) is 3.49. The van der Waals surface area contributed by atoms with Crippen LogP contribution < -0.4 is 4.90 Å². The number of nitriles is 1. The Bertz CT molecular complexity index is 572. The molecule has 118 valence electrons. The second kappa shape index (κ2) is 6.69. The van der Waals surface area contributed by atoms with Crippen LogP contribution in [0, 0.1) is 11.3 Å². The number of amides is 1. The zero-order chi connectivity index (χ0) is 16.2. The van der Waals surface area contributed by atoms with Gasteiger partial charge in [-0.25, -0.2) is 4.79 Å². The van der Waals surface area contributed by atoms with Crippen molar-refractivity contribution in [2.45, 2.75) is 32.8 Å². The second-order valence-corrected chi connectivity index (χ2v) is 6.47. The third-order valence-electron chi connectivity index (χ3n) is 3.49. The number of ether oxygens (including phenoxy) is 1. The van der Waals surface area contributed by atoms with Crippen LogP contribution in [0.3, 0.4) is 0 Å². The predicted octanol–water partition coefficient (Wildman–Crippen LogP) is 3.01. The molecule has 0 saturated carbocycles. The Kier molecular flexibility index (Phi) is 4.92. The maximum Gasteiger partial charge on any atom is 0.410 e. The van der Waals surface area contributed by atoms with Crippen molar-refractivity contribution in [3.8, 4) is 6.07 Å². The van der Waals surface area contributed by atoms with Crippen molar-refractivity contribution in [1.82, 2.24) is 4.90 Å². The average molecular weight is 301 g/mol. The Morgan fingerprint density at radius 1 is 1.23 bits per heavy atom. The molecule has 0 spiro atoms. The van der Waals surface area contributed by atoms with Crippen molar-refractivity contribution in [3.05, 3.63) is 29.8 Å². The first kappa shape index (κ1) is 16.2. The van der Waals surface area contributed by atoms with Gasteiger partial charge < -0.3 is 14.5 Å². The summed E-state index contributed by atoms with van der Waals surface area (Å²) in [6.07, 6.45) is 0.635. The highest BCUT2D eigenvalue weighted by Gasteiger charge is 2.24. The van der Waals surface area contributed by atoms with E-state index in [1.165, 1.54) is 0 Å². The van der Waals surface area contributed by atoms with Gasteiger partial charge in [0.2, 0.25) is 0 Å². The van der Waals surface area contributed by atoms with Crippen LogP contribution in [0.1, 0.15) is 32.8 Å². The van der Waals surface area contributed by atoms with Gasteiger partial charge in [0.05, 0.1) is 11.6 Å². The Morgan fingerprint density at radius 3 is 2.68 bits per heavy atom. The molecule has 1 heterocycles. The summed E-state index contributed by atoms with van der Waals surface area (Å²) >= 11 is 0. The molecule has 1 aromatic carbocycles. The van der Waals surface area contributed by atoms with Crippen molar-refractivity contribution in [2.24, 2.45) is 0 Å². The topological polar surface area (TPSA) is 56.6 Å².